The molecule has 0 spiro atoms. The minimum Gasteiger partial charge on any atom is -0.398 e. The van der Waals surface area contributed by atoms with Crippen LogP contribution in [0.5, 0.6) is 0 Å². The molecule has 17 heavy (non-hydrogen) atoms. The summed E-state index contributed by atoms with van der Waals surface area (Å²) >= 11 is 2.01. The van der Waals surface area contributed by atoms with Gasteiger partial charge in [0.2, 0.25) is 0 Å². The largest absolute Gasteiger partial charge is 0.398 e. The molecule has 1 fully saturated rings. The first-order valence-corrected chi connectivity index (χ1v) is 7.07. The van der Waals surface area contributed by atoms with Crippen LogP contribution in [0.4, 0.5) is 11.4 Å². The molecule has 0 amide bonds. The molecule has 0 aromatic heterocycles. The summed E-state index contributed by atoms with van der Waals surface area (Å²) in [5.74, 6) is 2.46. The number of nitrogens with one attached hydrogen (secondary N) is 1. The highest BCUT2D eigenvalue weighted by Crippen LogP contribution is 2.23. The fourth-order valence-corrected chi connectivity index (χ4v) is 3.16. The smallest absolute Gasteiger partial charge is 0.161 e. The number of benzene rings is 1. The van der Waals surface area contributed by atoms with Crippen molar-refractivity contribution in [1.82, 2.24) is 0 Å². The maximum Gasteiger partial charge on any atom is 0.161 e. The van der Waals surface area contributed by atoms with E-state index >= 15 is 0 Å². The maximum atomic E-state index is 11.3. The maximum absolute atomic E-state index is 11.3. The highest BCUT2D eigenvalue weighted by Gasteiger charge is 2.14. The van der Waals surface area contributed by atoms with Crippen molar-refractivity contribution < 1.29 is 4.79 Å². The zero-order valence-corrected chi connectivity index (χ0v) is 10.8. The highest BCUT2D eigenvalue weighted by atomic mass is 32.2. The van der Waals surface area contributed by atoms with Gasteiger partial charge >= 0.3 is 0 Å². The van der Waals surface area contributed by atoms with Crippen molar-refractivity contribution >= 4 is 28.9 Å². The van der Waals surface area contributed by atoms with E-state index < -0.39 is 0 Å². The summed E-state index contributed by atoms with van der Waals surface area (Å²) in [6.45, 7) is 1.54. The number of carbonyl (C=O) groups is 1. The predicted octanol–water partition coefficient (Wildman–Crippen LogP) is 2.78. The lowest BCUT2D eigenvalue weighted by molar-refractivity contribution is 0.101. The molecular weight excluding hydrogens is 232 g/mol. The van der Waals surface area contributed by atoms with Crippen LogP contribution < -0.4 is 11.1 Å². The molecule has 1 heterocycles. The van der Waals surface area contributed by atoms with Crippen molar-refractivity contribution in [3.63, 3.8) is 0 Å². The van der Waals surface area contributed by atoms with Gasteiger partial charge in [-0.15, -0.1) is 0 Å². The van der Waals surface area contributed by atoms with Crippen molar-refractivity contribution in [2.75, 3.05) is 22.6 Å². The molecule has 1 aromatic rings. The van der Waals surface area contributed by atoms with Gasteiger partial charge in [0.05, 0.1) is 0 Å². The van der Waals surface area contributed by atoms with Crippen LogP contribution in [0.2, 0.25) is 0 Å². The molecule has 4 heteroatoms. The lowest BCUT2D eigenvalue weighted by Crippen LogP contribution is -2.24. The Labute approximate surface area is 106 Å². The van der Waals surface area contributed by atoms with Crippen LogP contribution in [0.25, 0.3) is 0 Å². The van der Waals surface area contributed by atoms with Gasteiger partial charge in [0.15, 0.2) is 5.78 Å². The van der Waals surface area contributed by atoms with Crippen LogP contribution in [0.15, 0.2) is 18.2 Å². The molecule has 0 aliphatic carbocycles. The van der Waals surface area contributed by atoms with Crippen molar-refractivity contribution in [3.05, 3.63) is 23.8 Å². The molecule has 1 saturated heterocycles. The number of ketones is 1. The second-order valence-corrected chi connectivity index (χ2v) is 5.61. The summed E-state index contributed by atoms with van der Waals surface area (Å²) in [6.07, 6.45) is 2.39. The van der Waals surface area contributed by atoms with E-state index in [1.54, 1.807) is 6.07 Å². The Balaban J connectivity index is 2.06. The quantitative estimate of drug-likeness (QED) is 0.640. The second-order valence-electron chi connectivity index (χ2n) is 4.39. The van der Waals surface area contributed by atoms with E-state index in [4.69, 9.17) is 5.73 Å². The van der Waals surface area contributed by atoms with Gasteiger partial charge in [-0.25, -0.2) is 0 Å². The van der Waals surface area contributed by atoms with E-state index in [0.29, 0.717) is 17.3 Å². The Bertz CT molecular complexity index is 414. The van der Waals surface area contributed by atoms with Gasteiger partial charge in [-0.05, 0) is 49.5 Å². The minimum absolute atomic E-state index is 0.0168. The number of hydrogen-bond donors (Lipinski definition) is 2. The second kappa shape index (κ2) is 5.45. The Kier molecular flexibility index (Phi) is 3.94. The van der Waals surface area contributed by atoms with Gasteiger partial charge in [0.25, 0.3) is 0 Å². The molecule has 3 N–H and O–H groups in total. The third-order valence-corrected chi connectivity index (χ3v) is 4.07. The van der Waals surface area contributed by atoms with E-state index in [0.717, 1.165) is 5.69 Å². The number of rotatable bonds is 3. The van der Waals surface area contributed by atoms with Crippen LogP contribution >= 0.6 is 11.8 Å². The number of carbonyl (C=O) groups excluding carboxylic acids is 1. The number of hydrogen-bond acceptors (Lipinski definition) is 4. The Morgan fingerprint density at radius 2 is 2.12 bits per heavy atom. The number of nitrogens with two attached hydrogens (primary N) is 1. The minimum atomic E-state index is 0.0168. The Hall–Kier alpha value is -1.16. The number of thioether (sulfide) groups is 1. The number of anilines is 2. The van der Waals surface area contributed by atoms with Crippen LogP contribution in [-0.4, -0.2) is 23.3 Å². The normalized spacial score (nSPS) is 16.8. The number of Topliss-reactive ketones (excluding diaryl/α,β-unsaturated/α-hetero) is 1. The Morgan fingerprint density at radius 1 is 1.41 bits per heavy atom. The van der Waals surface area contributed by atoms with Gasteiger partial charge in [0, 0.05) is 23.0 Å². The fraction of sp³-hybridized carbons (Fsp3) is 0.462. The Morgan fingerprint density at radius 3 is 2.71 bits per heavy atom. The van der Waals surface area contributed by atoms with Crippen LogP contribution in [0.3, 0.4) is 0 Å². The molecule has 0 radical (unpaired) electrons. The van der Waals surface area contributed by atoms with Crippen LogP contribution in [-0.2, 0) is 0 Å². The SMILES string of the molecule is CC(=O)c1ccc(NC2CCSCC2)cc1N. The first kappa shape index (κ1) is 12.3. The molecule has 1 aromatic carbocycles. The lowest BCUT2D eigenvalue weighted by Gasteiger charge is -2.23. The summed E-state index contributed by atoms with van der Waals surface area (Å²) in [6, 6.07) is 6.14. The van der Waals surface area contributed by atoms with E-state index in [9.17, 15) is 4.79 Å². The monoisotopic (exact) mass is 250 g/mol. The number of nitrogen functional groups attached to an aromatic ring is 1. The summed E-state index contributed by atoms with van der Waals surface area (Å²) in [4.78, 5) is 11.3. The van der Waals surface area contributed by atoms with Gasteiger partial charge < -0.3 is 11.1 Å². The van der Waals surface area contributed by atoms with Crippen LogP contribution in [0.1, 0.15) is 30.1 Å². The van der Waals surface area contributed by atoms with E-state index in [2.05, 4.69) is 5.32 Å². The third kappa shape index (κ3) is 3.16. The third-order valence-electron chi connectivity index (χ3n) is 3.02. The molecule has 2 rings (SSSR count). The van der Waals surface area contributed by atoms with Crippen molar-refractivity contribution in [3.8, 4) is 0 Å². The average molecular weight is 250 g/mol. The van der Waals surface area contributed by atoms with Gasteiger partial charge in [-0.2, -0.15) is 11.8 Å². The molecule has 92 valence electrons. The lowest BCUT2D eigenvalue weighted by atomic mass is 10.1. The van der Waals surface area contributed by atoms with Gasteiger partial charge in [-0.3, -0.25) is 4.79 Å². The predicted molar refractivity (Wildman–Crippen MR) is 74.8 cm³/mol. The van der Waals surface area contributed by atoms with Gasteiger partial charge in [-0.1, -0.05) is 0 Å². The molecule has 1 aliphatic heterocycles. The first-order valence-electron chi connectivity index (χ1n) is 5.91. The molecular formula is C13H18N2OS. The summed E-state index contributed by atoms with van der Waals surface area (Å²) in [5.41, 5.74) is 8.05. The van der Waals surface area contributed by atoms with Gasteiger partial charge in [0.1, 0.15) is 0 Å². The summed E-state index contributed by atoms with van der Waals surface area (Å²) in [7, 11) is 0. The summed E-state index contributed by atoms with van der Waals surface area (Å²) in [5, 5.41) is 3.48. The van der Waals surface area contributed by atoms with Crippen molar-refractivity contribution in [2.24, 2.45) is 0 Å². The summed E-state index contributed by atoms with van der Waals surface area (Å²) < 4.78 is 0. The zero-order chi connectivity index (χ0) is 12.3. The highest BCUT2D eigenvalue weighted by molar-refractivity contribution is 7.99. The standard InChI is InChI=1S/C13H18N2OS/c1-9(16)12-3-2-11(8-13(12)14)15-10-4-6-17-7-5-10/h2-3,8,10,15H,4-7,14H2,1H3. The van der Waals surface area contributed by atoms with E-state index in [1.807, 2.05) is 23.9 Å². The topological polar surface area (TPSA) is 55.1 Å². The van der Waals surface area contributed by atoms with Crippen LogP contribution in [0, 0.1) is 0 Å². The average Bonchev–Trinajstić information content (AvgIpc) is 2.30. The van der Waals surface area contributed by atoms with Crippen molar-refractivity contribution in [1.29, 1.82) is 0 Å². The van der Waals surface area contributed by atoms with Crippen molar-refractivity contribution in [2.45, 2.75) is 25.8 Å². The fourth-order valence-electron chi connectivity index (χ4n) is 2.05. The van der Waals surface area contributed by atoms with E-state index in [-0.39, 0.29) is 5.78 Å². The molecule has 3 nitrogen and oxygen atoms in total. The zero-order valence-electron chi connectivity index (χ0n) is 10.0. The first-order chi connectivity index (χ1) is 8.16. The van der Waals surface area contributed by atoms with E-state index in [1.165, 1.54) is 31.3 Å². The molecule has 1 aliphatic rings. The molecule has 0 atom stereocenters. The molecule has 0 unspecified atom stereocenters. The molecule has 0 bridgehead atoms. The molecule has 0 saturated carbocycles.